The zero-order valence-corrected chi connectivity index (χ0v) is 9.54. The van der Waals surface area contributed by atoms with Crippen LogP contribution >= 0.6 is 0 Å². The number of ether oxygens (including phenoxy) is 1. The third-order valence-corrected chi connectivity index (χ3v) is 2.69. The number of rotatable bonds is 5. The molecule has 0 amide bonds. The molecule has 4 nitrogen and oxygen atoms in total. The van der Waals surface area contributed by atoms with Crippen LogP contribution in [0.25, 0.3) is 0 Å². The number of carboxylic acids is 1. The second kappa shape index (κ2) is 5.68. The van der Waals surface area contributed by atoms with E-state index in [0.29, 0.717) is 12.8 Å². The highest BCUT2D eigenvalue weighted by atomic mass is 19.4. The Morgan fingerprint density at radius 1 is 1.47 bits per heavy atom. The number of aliphatic carboxylic acids is 1. The minimum absolute atomic E-state index is 0.125. The van der Waals surface area contributed by atoms with Crippen LogP contribution in [0.5, 0.6) is 0 Å². The smallest absolute Gasteiger partial charge is 0.401 e. The van der Waals surface area contributed by atoms with E-state index in [4.69, 9.17) is 9.84 Å². The van der Waals surface area contributed by atoms with Crippen molar-refractivity contribution in [1.29, 1.82) is 0 Å². The lowest BCUT2D eigenvalue weighted by Crippen LogP contribution is -2.39. The Morgan fingerprint density at radius 3 is 2.53 bits per heavy atom. The molecule has 7 heteroatoms. The third kappa shape index (κ3) is 4.91. The van der Waals surface area contributed by atoms with Crippen molar-refractivity contribution in [2.75, 3.05) is 19.6 Å². The Kier molecular flexibility index (Phi) is 4.76. The van der Waals surface area contributed by atoms with Crippen LogP contribution in [0.4, 0.5) is 13.2 Å². The molecule has 1 saturated heterocycles. The van der Waals surface area contributed by atoms with Crippen LogP contribution in [0.1, 0.15) is 19.8 Å². The van der Waals surface area contributed by atoms with Gasteiger partial charge in [0.1, 0.15) is 0 Å². The maximum Gasteiger partial charge on any atom is 0.401 e. The van der Waals surface area contributed by atoms with E-state index in [1.165, 1.54) is 4.90 Å². The highest BCUT2D eigenvalue weighted by molar-refractivity contribution is 5.72. The average molecular weight is 255 g/mol. The molecule has 0 aromatic carbocycles. The third-order valence-electron chi connectivity index (χ3n) is 2.69. The highest BCUT2D eigenvalue weighted by Crippen LogP contribution is 2.22. The molecule has 0 bridgehead atoms. The normalized spacial score (nSPS) is 25.5. The van der Waals surface area contributed by atoms with Gasteiger partial charge < -0.3 is 9.84 Å². The monoisotopic (exact) mass is 255 g/mol. The van der Waals surface area contributed by atoms with Gasteiger partial charge in [0, 0.05) is 6.54 Å². The van der Waals surface area contributed by atoms with Crippen LogP contribution in [0, 0.1) is 0 Å². The second-order valence-corrected chi connectivity index (χ2v) is 4.11. The van der Waals surface area contributed by atoms with E-state index >= 15 is 0 Å². The van der Waals surface area contributed by atoms with Crippen molar-refractivity contribution in [2.24, 2.45) is 0 Å². The van der Waals surface area contributed by atoms with Crippen molar-refractivity contribution in [3.8, 4) is 0 Å². The number of hydrogen-bond acceptors (Lipinski definition) is 3. The number of hydrogen-bond donors (Lipinski definition) is 1. The fraction of sp³-hybridized carbons (Fsp3) is 0.900. The van der Waals surface area contributed by atoms with Crippen molar-refractivity contribution in [3.05, 3.63) is 0 Å². The Hall–Kier alpha value is -0.820. The first-order chi connectivity index (χ1) is 7.81. The lowest BCUT2D eigenvalue weighted by atomic mass is 10.2. The topological polar surface area (TPSA) is 49.8 Å². The molecule has 1 N–H and O–H groups in total. The molecular formula is C10H16F3NO3. The van der Waals surface area contributed by atoms with Gasteiger partial charge in [0.15, 0.2) is 6.10 Å². The first-order valence-corrected chi connectivity index (χ1v) is 5.49. The van der Waals surface area contributed by atoms with E-state index in [0.717, 1.165) is 0 Å². The number of likely N-dealkylation sites (N-methyl/N-ethyl adjacent to an activating group) is 1. The quantitative estimate of drug-likeness (QED) is 0.809. The zero-order valence-electron chi connectivity index (χ0n) is 9.54. The van der Waals surface area contributed by atoms with Crippen LogP contribution in [-0.4, -0.2) is 54.0 Å². The lowest BCUT2D eigenvalue weighted by molar-refractivity contribution is -0.155. The van der Waals surface area contributed by atoms with E-state index in [2.05, 4.69) is 0 Å². The molecular weight excluding hydrogens is 239 g/mol. The molecule has 0 saturated carbocycles. The van der Waals surface area contributed by atoms with Crippen molar-refractivity contribution in [3.63, 3.8) is 0 Å². The van der Waals surface area contributed by atoms with E-state index in [9.17, 15) is 18.0 Å². The number of halogens is 3. The maximum atomic E-state index is 12.2. The molecule has 1 fully saturated rings. The Bertz CT molecular complexity index is 270. The Balaban J connectivity index is 2.40. The number of nitrogens with zero attached hydrogens (tertiary/aromatic N) is 1. The number of carboxylic acid groups (broad SMARTS) is 1. The SMILES string of the molecule is CCN(CC1CCC(C(=O)O)O1)CC(F)(F)F. The second-order valence-electron chi connectivity index (χ2n) is 4.11. The molecule has 2 atom stereocenters. The summed E-state index contributed by atoms with van der Waals surface area (Å²) in [5, 5.41) is 8.69. The molecule has 17 heavy (non-hydrogen) atoms. The van der Waals surface area contributed by atoms with Crippen LogP contribution in [0.3, 0.4) is 0 Å². The molecule has 1 aliphatic rings. The van der Waals surface area contributed by atoms with Gasteiger partial charge in [0.05, 0.1) is 12.6 Å². The summed E-state index contributed by atoms with van der Waals surface area (Å²) in [4.78, 5) is 11.8. The standard InChI is InChI=1S/C10H16F3NO3/c1-2-14(6-10(11,12)13)5-7-3-4-8(17-7)9(15)16/h7-8H,2-6H2,1H3,(H,15,16). The van der Waals surface area contributed by atoms with Gasteiger partial charge in [0.25, 0.3) is 0 Å². The van der Waals surface area contributed by atoms with Crippen molar-refractivity contribution in [2.45, 2.75) is 38.1 Å². The summed E-state index contributed by atoms with van der Waals surface area (Å²) < 4.78 is 41.7. The van der Waals surface area contributed by atoms with Crippen molar-refractivity contribution >= 4 is 5.97 Å². The van der Waals surface area contributed by atoms with E-state index in [1.807, 2.05) is 0 Å². The molecule has 0 aliphatic carbocycles. The fourth-order valence-corrected chi connectivity index (χ4v) is 1.87. The Morgan fingerprint density at radius 2 is 2.12 bits per heavy atom. The average Bonchev–Trinajstić information content (AvgIpc) is 2.63. The molecule has 1 heterocycles. The predicted octanol–water partition coefficient (Wildman–Crippen LogP) is 1.50. The first kappa shape index (κ1) is 14.2. The lowest BCUT2D eigenvalue weighted by Gasteiger charge is -2.24. The zero-order chi connectivity index (χ0) is 13.1. The summed E-state index contributed by atoms with van der Waals surface area (Å²) in [5.41, 5.74) is 0. The molecule has 0 aromatic heterocycles. The van der Waals surface area contributed by atoms with Gasteiger partial charge >= 0.3 is 12.1 Å². The highest BCUT2D eigenvalue weighted by Gasteiger charge is 2.34. The van der Waals surface area contributed by atoms with Crippen molar-refractivity contribution < 1.29 is 27.8 Å². The van der Waals surface area contributed by atoms with Crippen LogP contribution in [-0.2, 0) is 9.53 Å². The Labute approximate surface area is 97.3 Å². The molecule has 1 rings (SSSR count). The van der Waals surface area contributed by atoms with Gasteiger partial charge in [-0.2, -0.15) is 13.2 Å². The summed E-state index contributed by atoms with van der Waals surface area (Å²) in [6.07, 6.45) is -4.67. The van der Waals surface area contributed by atoms with Gasteiger partial charge in [-0.1, -0.05) is 6.92 Å². The predicted molar refractivity (Wildman–Crippen MR) is 53.7 cm³/mol. The van der Waals surface area contributed by atoms with E-state index in [-0.39, 0.29) is 13.1 Å². The van der Waals surface area contributed by atoms with Gasteiger partial charge in [0.2, 0.25) is 0 Å². The van der Waals surface area contributed by atoms with Crippen LogP contribution in [0.2, 0.25) is 0 Å². The molecule has 0 aromatic rings. The van der Waals surface area contributed by atoms with E-state index < -0.39 is 30.9 Å². The van der Waals surface area contributed by atoms with Gasteiger partial charge in [-0.25, -0.2) is 4.79 Å². The summed E-state index contributed by atoms with van der Waals surface area (Å²) in [5.74, 6) is -1.05. The van der Waals surface area contributed by atoms with Gasteiger partial charge in [-0.15, -0.1) is 0 Å². The summed E-state index contributed by atoms with van der Waals surface area (Å²) in [6.45, 7) is 1.04. The molecule has 0 radical (unpaired) electrons. The fourth-order valence-electron chi connectivity index (χ4n) is 1.87. The summed E-state index contributed by atoms with van der Waals surface area (Å²) >= 11 is 0. The van der Waals surface area contributed by atoms with Gasteiger partial charge in [-0.05, 0) is 19.4 Å². The number of alkyl halides is 3. The van der Waals surface area contributed by atoms with Gasteiger partial charge in [-0.3, -0.25) is 4.90 Å². The molecule has 2 unspecified atom stereocenters. The number of carbonyl (C=O) groups is 1. The first-order valence-electron chi connectivity index (χ1n) is 5.49. The minimum atomic E-state index is -4.24. The molecule has 0 spiro atoms. The molecule has 1 aliphatic heterocycles. The minimum Gasteiger partial charge on any atom is -0.479 e. The molecule has 100 valence electrons. The summed E-state index contributed by atoms with van der Waals surface area (Å²) in [7, 11) is 0. The van der Waals surface area contributed by atoms with Crippen LogP contribution in [0.15, 0.2) is 0 Å². The van der Waals surface area contributed by atoms with E-state index in [1.54, 1.807) is 6.92 Å². The van der Waals surface area contributed by atoms with Crippen LogP contribution < -0.4 is 0 Å². The summed E-state index contributed by atoms with van der Waals surface area (Å²) in [6, 6.07) is 0. The van der Waals surface area contributed by atoms with Crippen molar-refractivity contribution in [1.82, 2.24) is 4.90 Å². The largest absolute Gasteiger partial charge is 0.479 e. The maximum absolute atomic E-state index is 12.2.